The van der Waals surface area contributed by atoms with Crippen LogP contribution in [0.1, 0.15) is 59.3 Å². The predicted molar refractivity (Wildman–Crippen MR) is 66.7 cm³/mol. The van der Waals surface area contributed by atoms with Gasteiger partial charge >= 0.3 is 0 Å². The highest BCUT2D eigenvalue weighted by Gasteiger charge is 2.13. The fourth-order valence-corrected chi connectivity index (χ4v) is 4.00. The Morgan fingerprint density at radius 1 is 0.615 bits per heavy atom. The molecule has 0 spiro atoms. The molecule has 0 unspecified atom stereocenters. The van der Waals surface area contributed by atoms with E-state index in [1.807, 2.05) is 0 Å². The summed E-state index contributed by atoms with van der Waals surface area (Å²) < 4.78 is 0. The van der Waals surface area contributed by atoms with Gasteiger partial charge in [-0.3, -0.25) is 0 Å². The van der Waals surface area contributed by atoms with Gasteiger partial charge in [-0.25, -0.2) is 0 Å². The number of rotatable bonds is 9. The van der Waals surface area contributed by atoms with Crippen molar-refractivity contribution in [2.75, 3.05) is 17.3 Å². The Balaban J connectivity index is 3.33. The van der Waals surface area contributed by atoms with Gasteiger partial charge in [0.25, 0.3) is 0 Å². The van der Waals surface area contributed by atoms with Crippen LogP contribution in [0, 0.1) is 0 Å². The first-order valence-electron chi connectivity index (χ1n) is 5.99. The lowest BCUT2D eigenvalue weighted by atomic mass is 10.2. The van der Waals surface area contributed by atoms with E-state index in [-0.39, 0.29) is 0 Å². The normalized spacial score (nSPS) is 11.1. The maximum atomic E-state index is 2.32. The minimum absolute atomic E-state index is 0.772. The summed E-state index contributed by atoms with van der Waals surface area (Å²) in [4.78, 5) is 0. The molecular weight excluding hydrogens is 176 g/mol. The molecule has 13 heavy (non-hydrogen) atoms. The number of unbranched alkanes of at least 4 members (excludes halogenated alkanes) is 3. The Hall–Kier alpha value is 0.350. The largest absolute Gasteiger partial charge is 0.108 e. The van der Waals surface area contributed by atoms with Crippen LogP contribution in [0.3, 0.4) is 0 Å². The second-order valence-electron chi connectivity index (χ2n) is 3.79. The maximum Gasteiger partial charge on any atom is 0.108 e. The quantitative estimate of drug-likeness (QED) is 0.392. The van der Waals surface area contributed by atoms with Crippen LogP contribution in [0.5, 0.6) is 0 Å². The predicted octanol–water partition coefficient (Wildman–Crippen LogP) is 4.01. The summed E-state index contributed by atoms with van der Waals surface area (Å²) in [6.45, 7) is 6.93. The molecule has 0 nitrogen and oxygen atoms in total. The van der Waals surface area contributed by atoms with Gasteiger partial charge in [0.05, 0.1) is 0 Å². The summed E-state index contributed by atoms with van der Waals surface area (Å²) in [5.41, 5.74) is 0. The van der Waals surface area contributed by atoms with Gasteiger partial charge in [-0.15, -0.1) is 0 Å². The average Bonchev–Trinajstić information content (AvgIpc) is 2.13. The zero-order chi connectivity index (χ0) is 9.94. The van der Waals surface area contributed by atoms with E-state index in [9.17, 15) is 0 Å². The van der Waals surface area contributed by atoms with Crippen LogP contribution in [0.15, 0.2) is 0 Å². The van der Waals surface area contributed by atoms with Gasteiger partial charge in [-0.2, -0.15) is 0 Å². The van der Waals surface area contributed by atoms with Gasteiger partial charge in [0.1, 0.15) is 17.3 Å². The van der Waals surface area contributed by atoms with Crippen molar-refractivity contribution in [1.82, 2.24) is 0 Å². The third-order valence-electron chi connectivity index (χ3n) is 2.27. The van der Waals surface area contributed by atoms with Crippen molar-refractivity contribution in [3.05, 3.63) is 0 Å². The van der Waals surface area contributed by atoms with Crippen LogP contribution in [0.4, 0.5) is 0 Å². The molecule has 0 heterocycles. The summed E-state index contributed by atoms with van der Waals surface area (Å²) in [6, 6.07) is 0. The molecule has 0 amide bonds. The van der Waals surface area contributed by atoms with Gasteiger partial charge in [0.15, 0.2) is 0 Å². The van der Waals surface area contributed by atoms with E-state index in [0.717, 1.165) is 10.9 Å². The Bertz CT molecular complexity index is 85.1. The second-order valence-corrected chi connectivity index (χ2v) is 6.23. The highest BCUT2D eigenvalue weighted by atomic mass is 32.2. The maximum absolute atomic E-state index is 2.32. The lowest BCUT2D eigenvalue weighted by Crippen LogP contribution is -2.15. The minimum Gasteiger partial charge on any atom is -0.0654 e. The van der Waals surface area contributed by atoms with Gasteiger partial charge in [0.2, 0.25) is 0 Å². The molecule has 0 N–H and O–H groups in total. The van der Waals surface area contributed by atoms with E-state index in [0.29, 0.717) is 0 Å². The van der Waals surface area contributed by atoms with Gasteiger partial charge in [-0.1, -0.05) is 33.6 Å². The molecule has 0 aromatic rings. The Morgan fingerprint density at radius 2 is 1.23 bits per heavy atom. The molecule has 0 bridgehead atoms. The fourth-order valence-electron chi connectivity index (χ4n) is 1.62. The van der Waals surface area contributed by atoms with Crippen LogP contribution in [-0.2, 0) is 10.9 Å². The van der Waals surface area contributed by atoms with Crippen LogP contribution < -0.4 is 0 Å². The van der Waals surface area contributed by atoms with E-state index in [1.165, 1.54) is 55.8 Å². The molecule has 1 heteroatoms. The van der Waals surface area contributed by atoms with E-state index in [4.69, 9.17) is 0 Å². The molecule has 0 fully saturated rings. The van der Waals surface area contributed by atoms with E-state index in [1.54, 1.807) is 0 Å². The zero-order valence-electron chi connectivity index (χ0n) is 9.77. The lowest BCUT2D eigenvalue weighted by molar-refractivity contribution is 0.705. The third-order valence-corrected chi connectivity index (χ3v) is 5.11. The number of hydrogen-bond acceptors (Lipinski definition) is 0. The van der Waals surface area contributed by atoms with Crippen LogP contribution in [-0.4, -0.2) is 17.3 Å². The van der Waals surface area contributed by atoms with Crippen molar-refractivity contribution in [1.29, 1.82) is 0 Å². The van der Waals surface area contributed by atoms with Crippen molar-refractivity contribution in [3.8, 4) is 0 Å². The molecule has 0 aliphatic heterocycles. The van der Waals surface area contributed by atoms with Crippen LogP contribution in [0.2, 0.25) is 0 Å². The van der Waals surface area contributed by atoms with Crippen LogP contribution >= 0.6 is 0 Å². The average molecular weight is 203 g/mol. The first-order chi connectivity index (χ1) is 6.35. The SMILES string of the molecule is CCCCCC[S+](CCC)CCC. The lowest BCUT2D eigenvalue weighted by Gasteiger charge is -2.06. The molecule has 0 aliphatic rings. The van der Waals surface area contributed by atoms with Crippen molar-refractivity contribution in [2.45, 2.75) is 59.3 Å². The topological polar surface area (TPSA) is 0 Å². The van der Waals surface area contributed by atoms with Crippen molar-refractivity contribution < 1.29 is 0 Å². The summed E-state index contributed by atoms with van der Waals surface area (Å²) in [7, 11) is 0.772. The van der Waals surface area contributed by atoms with Crippen LogP contribution in [0.25, 0.3) is 0 Å². The standard InChI is InChI=1S/C12H27S/c1-4-7-8-9-12-13(10-5-2)11-6-3/h4-12H2,1-3H3/q+1. The summed E-state index contributed by atoms with van der Waals surface area (Å²) in [6.07, 6.45) is 8.53. The fraction of sp³-hybridized carbons (Fsp3) is 1.00. The summed E-state index contributed by atoms with van der Waals surface area (Å²) in [5, 5.41) is 0. The molecule has 0 aromatic carbocycles. The smallest absolute Gasteiger partial charge is 0.0654 e. The molecule has 0 radical (unpaired) electrons. The molecule has 0 saturated carbocycles. The second kappa shape index (κ2) is 10.4. The molecular formula is C12H27S+. The first-order valence-corrected chi connectivity index (χ1v) is 7.72. The number of hydrogen-bond donors (Lipinski definition) is 0. The molecule has 80 valence electrons. The Kier molecular flexibility index (Phi) is 10.7. The Labute approximate surface area is 87.8 Å². The van der Waals surface area contributed by atoms with Crippen molar-refractivity contribution in [2.24, 2.45) is 0 Å². The monoisotopic (exact) mass is 203 g/mol. The van der Waals surface area contributed by atoms with E-state index >= 15 is 0 Å². The highest BCUT2D eigenvalue weighted by molar-refractivity contribution is 7.96. The van der Waals surface area contributed by atoms with Crippen molar-refractivity contribution in [3.63, 3.8) is 0 Å². The molecule has 0 saturated heterocycles. The van der Waals surface area contributed by atoms with Crippen molar-refractivity contribution >= 4 is 10.9 Å². The highest BCUT2D eigenvalue weighted by Crippen LogP contribution is 2.07. The first kappa shape index (κ1) is 13.4. The van der Waals surface area contributed by atoms with Gasteiger partial charge < -0.3 is 0 Å². The molecule has 0 atom stereocenters. The van der Waals surface area contributed by atoms with E-state index < -0.39 is 0 Å². The summed E-state index contributed by atoms with van der Waals surface area (Å²) in [5.74, 6) is 4.49. The third kappa shape index (κ3) is 8.67. The van der Waals surface area contributed by atoms with E-state index in [2.05, 4.69) is 20.8 Å². The van der Waals surface area contributed by atoms with Gasteiger partial charge in [0, 0.05) is 0 Å². The summed E-state index contributed by atoms with van der Waals surface area (Å²) >= 11 is 0. The molecule has 0 aliphatic carbocycles. The Morgan fingerprint density at radius 3 is 1.69 bits per heavy atom. The zero-order valence-corrected chi connectivity index (χ0v) is 10.6. The van der Waals surface area contributed by atoms with Gasteiger partial charge in [-0.05, 0) is 36.6 Å². The molecule has 0 aromatic heterocycles. The minimum atomic E-state index is 0.772. The molecule has 0 rings (SSSR count).